The standard InChI is InChI=1S/C12H8BrClN2O2S/c13-6-1-2-10(16-5-6)19-11-8(12(17)18)3-7(15)4-9(11)14/h1-5H,15H2,(H,17,18). The van der Waals surface area contributed by atoms with Crippen molar-refractivity contribution in [1.29, 1.82) is 0 Å². The van der Waals surface area contributed by atoms with E-state index in [2.05, 4.69) is 20.9 Å². The van der Waals surface area contributed by atoms with Crippen molar-refractivity contribution < 1.29 is 9.90 Å². The van der Waals surface area contributed by atoms with Crippen molar-refractivity contribution in [3.63, 3.8) is 0 Å². The van der Waals surface area contributed by atoms with Crippen molar-refractivity contribution in [2.45, 2.75) is 9.92 Å². The van der Waals surface area contributed by atoms with Crippen LogP contribution in [0.5, 0.6) is 0 Å². The van der Waals surface area contributed by atoms with Gasteiger partial charge in [-0.3, -0.25) is 0 Å². The number of carbonyl (C=O) groups is 1. The fraction of sp³-hybridized carbons (Fsp3) is 0. The highest BCUT2D eigenvalue weighted by atomic mass is 79.9. The normalized spacial score (nSPS) is 10.4. The van der Waals surface area contributed by atoms with Crippen LogP contribution in [-0.4, -0.2) is 16.1 Å². The van der Waals surface area contributed by atoms with E-state index in [0.29, 0.717) is 20.6 Å². The van der Waals surface area contributed by atoms with Crippen molar-refractivity contribution in [2.24, 2.45) is 0 Å². The molecule has 0 atom stereocenters. The molecule has 4 nitrogen and oxygen atoms in total. The summed E-state index contributed by atoms with van der Waals surface area (Å²) in [6, 6.07) is 6.50. The fourth-order valence-electron chi connectivity index (χ4n) is 1.40. The van der Waals surface area contributed by atoms with E-state index in [-0.39, 0.29) is 5.56 Å². The van der Waals surface area contributed by atoms with Crippen LogP contribution in [0.4, 0.5) is 5.69 Å². The Morgan fingerprint density at radius 1 is 1.42 bits per heavy atom. The zero-order valence-electron chi connectivity index (χ0n) is 9.43. The molecule has 0 spiro atoms. The molecule has 1 heterocycles. The number of anilines is 1. The topological polar surface area (TPSA) is 76.2 Å². The van der Waals surface area contributed by atoms with Crippen LogP contribution in [0.25, 0.3) is 0 Å². The first kappa shape index (κ1) is 14.2. The minimum Gasteiger partial charge on any atom is -0.478 e. The summed E-state index contributed by atoms with van der Waals surface area (Å²) in [4.78, 5) is 15.8. The summed E-state index contributed by atoms with van der Waals surface area (Å²) in [6.45, 7) is 0. The Hall–Kier alpha value is -1.24. The highest BCUT2D eigenvalue weighted by Gasteiger charge is 2.16. The molecule has 0 aliphatic carbocycles. The van der Waals surface area contributed by atoms with E-state index in [9.17, 15) is 9.90 Å². The number of rotatable bonds is 3. The zero-order chi connectivity index (χ0) is 14.0. The van der Waals surface area contributed by atoms with Gasteiger partial charge in [-0.2, -0.15) is 0 Å². The first-order valence-corrected chi connectivity index (χ1v) is 7.08. The predicted octanol–water partition coefficient (Wildman–Crippen LogP) is 3.93. The second kappa shape index (κ2) is 5.81. The maximum absolute atomic E-state index is 11.2. The minimum atomic E-state index is -1.08. The average molecular weight is 360 g/mol. The van der Waals surface area contributed by atoms with E-state index in [1.807, 2.05) is 6.07 Å². The number of aromatic carboxylic acids is 1. The van der Waals surface area contributed by atoms with Crippen LogP contribution in [0.3, 0.4) is 0 Å². The largest absolute Gasteiger partial charge is 0.478 e. The molecule has 98 valence electrons. The monoisotopic (exact) mass is 358 g/mol. The van der Waals surface area contributed by atoms with Gasteiger partial charge in [0.25, 0.3) is 0 Å². The molecular weight excluding hydrogens is 352 g/mol. The lowest BCUT2D eigenvalue weighted by molar-refractivity contribution is 0.0693. The number of nitrogens with zero attached hydrogens (tertiary/aromatic N) is 1. The van der Waals surface area contributed by atoms with Gasteiger partial charge in [0.15, 0.2) is 0 Å². The molecule has 0 saturated carbocycles. The SMILES string of the molecule is Nc1cc(Cl)c(Sc2ccc(Br)cn2)c(C(=O)O)c1. The number of pyridine rings is 1. The van der Waals surface area contributed by atoms with Crippen LogP contribution in [0, 0.1) is 0 Å². The summed E-state index contributed by atoms with van der Waals surface area (Å²) >= 11 is 10.5. The molecule has 2 aromatic rings. The van der Waals surface area contributed by atoms with Crippen molar-refractivity contribution in [2.75, 3.05) is 5.73 Å². The molecule has 2 rings (SSSR count). The average Bonchev–Trinajstić information content (AvgIpc) is 2.34. The molecule has 0 bridgehead atoms. The summed E-state index contributed by atoms with van der Waals surface area (Å²) in [6.07, 6.45) is 1.63. The van der Waals surface area contributed by atoms with Gasteiger partial charge in [0, 0.05) is 21.3 Å². The summed E-state index contributed by atoms with van der Waals surface area (Å²) in [5, 5.41) is 10.1. The first-order chi connectivity index (χ1) is 8.97. The molecular formula is C12H8BrClN2O2S. The molecule has 0 fully saturated rings. The summed E-state index contributed by atoms with van der Waals surface area (Å²) in [5.74, 6) is -1.08. The van der Waals surface area contributed by atoms with Gasteiger partial charge in [-0.15, -0.1) is 0 Å². The van der Waals surface area contributed by atoms with Crippen molar-refractivity contribution in [1.82, 2.24) is 4.98 Å². The number of nitrogen functional groups attached to an aromatic ring is 1. The van der Waals surface area contributed by atoms with Gasteiger partial charge in [-0.1, -0.05) is 23.4 Å². The number of carboxylic acid groups (broad SMARTS) is 1. The molecule has 0 saturated heterocycles. The van der Waals surface area contributed by atoms with Crippen LogP contribution in [0.2, 0.25) is 5.02 Å². The number of halogens is 2. The number of carboxylic acids is 1. The third-order valence-electron chi connectivity index (χ3n) is 2.20. The van der Waals surface area contributed by atoms with E-state index < -0.39 is 5.97 Å². The third-order valence-corrected chi connectivity index (χ3v) is 4.18. The Morgan fingerprint density at radius 3 is 2.74 bits per heavy atom. The Labute approximate surface area is 127 Å². The van der Waals surface area contributed by atoms with Gasteiger partial charge < -0.3 is 10.8 Å². The minimum absolute atomic E-state index is 0.0692. The molecule has 0 aliphatic heterocycles. The van der Waals surface area contributed by atoms with E-state index in [1.165, 1.54) is 23.9 Å². The van der Waals surface area contributed by atoms with Crippen LogP contribution >= 0.6 is 39.3 Å². The van der Waals surface area contributed by atoms with Crippen molar-refractivity contribution >= 4 is 50.9 Å². The van der Waals surface area contributed by atoms with Crippen molar-refractivity contribution in [3.05, 3.63) is 45.5 Å². The molecule has 1 aromatic carbocycles. The number of hydrogen-bond donors (Lipinski definition) is 2. The van der Waals surface area contributed by atoms with Crippen LogP contribution < -0.4 is 5.73 Å². The number of aromatic nitrogens is 1. The van der Waals surface area contributed by atoms with Gasteiger partial charge in [-0.25, -0.2) is 9.78 Å². The second-order valence-corrected chi connectivity index (χ2v) is 5.95. The molecule has 3 N–H and O–H groups in total. The van der Waals surface area contributed by atoms with Crippen LogP contribution in [0.1, 0.15) is 10.4 Å². The number of hydrogen-bond acceptors (Lipinski definition) is 4. The molecule has 0 radical (unpaired) electrons. The van der Waals surface area contributed by atoms with Gasteiger partial charge >= 0.3 is 5.97 Å². The quantitative estimate of drug-likeness (QED) is 0.812. The molecule has 0 amide bonds. The smallest absolute Gasteiger partial charge is 0.336 e. The van der Waals surface area contributed by atoms with E-state index in [4.69, 9.17) is 17.3 Å². The summed E-state index contributed by atoms with van der Waals surface area (Å²) < 4.78 is 0.846. The highest BCUT2D eigenvalue weighted by Crippen LogP contribution is 2.37. The lowest BCUT2D eigenvalue weighted by atomic mass is 10.2. The number of nitrogens with two attached hydrogens (primary N) is 1. The Balaban J connectivity index is 2.44. The molecule has 0 aliphatic rings. The lowest BCUT2D eigenvalue weighted by Crippen LogP contribution is -2.01. The molecule has 0 unspecified atom stereocenters. The van der Waals surface area contributed by atoms with E-state index >= 15 is 0 Å². The van der Waals surface area contributed by atoms with E-state index in [1.54, 1.807) is 12.3 Å². The maximum Gasteiger partial charge on any atom is 0.336 e. The Morgan fingerprint density at radius 2 is 2.16 bits per heavy atom. The third kappa shape index (κ3) is 3.40. The molecule has 7 heteroatoms. The van der Waals surface area contributed by atoms with Crippen molar-refractivity contribution in [3.8, 4) is 0 Å². The Bertz CT molecular complexity index is 634. The van der Waals surface area contributed by atoms with Gasteiger partial charge in [0.05, 0.1) is 10.6 Å². The fourth-order valence-corrected chi connectivity index (χ4v) is 2.85. The van der Waals surface area contributed by atoms with Gasteiger partial charge in [0.2, 0.25) is 0 Å². The summed E-state index contributed by atoms with van der Waals surface area (Å²) in [7, 11) is 0. The lowest BCUT2D eigenvalue weighted by Gasteiger charge is -2.09. The first-order valence-electron chi connectivity index (χ1n) is 5.09. The van der Waals surface area contributed by atoms with Crippen LogP contribution in [-0.2, 0) is 0 Å². The van der Waals surface area contributed by atoms with E-state index in [0.717, 1.165) is 4.47 Å². The predicted molar refractivity (Wildman–Crippen MR) is 78.9 cm³/mol. The molecule has 1 aromatic heterocycles. The van der Waals surface area contributed by atoms with Gasteiger partial charge in [-0.05, 0) is 40.2 Å². The second-order valence-electron chi connectivity index (χ2n) is 3.60. The van der Waals surface area contributed by atoms with Crippen LogP contribution in [0.15, 0.2) is 44.9 Å². The Kier molecular flexibility index (Phi) is 4.34. The number of benzene rings is 1. The zero-order valence-corrected chi connectivity index (χ0v) is 12.6. The highest BCUT2D eigenvalue weighted by molar-refractivity contribution is 9.10. The summed E-state index contributed by atoms with van der Waals surface area (Å²) in [5.41, 5.74) is 5.98. The molecule has 19 heavy (non-hydrogen) atoms. The maximum atomic E-state index is 11.2. The van der Waals surface area contributed by atoms with Gasteiger partial charge in [0.1, 0.15) is 5.03 Å².